The Hall–Kier alpha value is -2.74. The Balaban J connectivity index is 1.38. The van der Waals surface area contributed by atoms with Gasteiger partial charge in [0.25, 0.3) is 5.91 Å². The number of nitrogens with zero attached hydrogens (tertiary/aromatic N) is 3. The summed E-state index contributed by atoms with van der Waals surface area (Å²) in [5.41, 5.74) is 1.30. The van der Waals surface area contributed by atoms with Gasteiger partial charge in [0.2, 0.25) is 5.91 Å². The van der Waals surface area contributed by atoms with Crippen molar-refractivity contribution in [2.45, 2.75) is 37.2 Å². The van der Waals surface area contributed by atoms with Gasteiger partial charge in [0, 0.05) is 26.2 Å². The number of aliphatic hydroxyl groups is 1. The van der Waals surface area contributed by atoms with Crippen LogP contribution in [-0.2, 0) is 22.7 Å². The molecule has 2 amide bonds. The lowest BCUT2D eigenvalue weighted by molar-refractivity contribution is -0.181. The highest BCUT2D eigenvalue weighted by Gasteiger charge is 2.64. The number of fused-ring (bicyclic) bond motifs is 2. The lowest BCUT2D eigenvalue weighted by Gasteiger charge is -2.58. The number of β-amino-alcohol motifs (C(OH)–C–C–N with tert-alkyl or cyclic N) is 1. The smallest absolute Gasteiger partial charge is 0.252 e. The Morgan fingerprint density at radius 2 is 1.77 bits per heavy atom. The molecule has 1 spiro atoms. The molecule has 3 aliphatic heterocycles. The number of likely N-dealkylation sites (tertiary alicyclic amines) is 1. The van der Waals surface area contributed by atoms with Crippen molar-refractivity contribution in [3.05, 3.63) is 65.7 Å². The van der Waals surface area contributed by atoms with E-state index in [0.717, 1.165) is 16.9 Å². The number of hydrogen-bond acceptors (Lipinski definition) is 6. The van der Waals surface area contributed by atoms with Crippen molar-refractivity contribution in [2.75, 3.05) is 26.7 Å². The van der Waals surface area contributed by atoms with Gasteiger partial charge in [-0.2, -0.15) is 0 Å². The van der Waals surface area contributed by atoms with E-state index in [9.17, 15) is 14.7 Å². The first-order valence-electron chi connectivity index (χ1n) is 10.7. The van der Waals surface area contributed by atoms with Crippen molar-refractivity contribution < 1.29 is 19.4 Å². The van der Waals surface area contributed by atoms with Crippen LogP contribution in [0.3, 0.4) is 0 Å². The monoisotopic (exact) mass is 421 g/mol. The molecular weight excluding hydrogens is 394 g/mol. The van der Waals surface area contributed by atoms with Crippen LogP contribution >= 0.6 is 0 Å². The zero-order chi connectivity index (χ0) is 21.6. The van der Waals surface area contributed by atoms with E-state index < -0.39 is 17.7 Å². The number of imide groups is 1. The molecule has 0 aromatic heterocycles. The number of aliphatic hydroxyl groups excluding tert-OH is 1. The molecule has 5 rings (SSSR count). The zero-order valence-electron chi connectivity index (χ0n) is 17.6. The number of hydrogen-bond donors (Lipinski definition) is 1. The van der Waals surface area contributed by atoms with Crippen molar-refractivity contribution in [1.82, 2.24) is 14.7 Å². The van der Waals surface area contributed by atoms with E-state index >= 15 is 0 Å². The number of carbonyl (C=O) groups excluding carboxylic acids is 2. The van der Waals surface area contributed by atoms with Crippen molar-refractivity contribution in [2.24, 2.45) is 0 Å². The molecule has 0 unspecified atom stereocenters. The van der Waals surface area contributed by atoms with Gasteiger partial charge in [-0.05, 0) is 29.7 Å². The van der Waals surface area contributed by atoms with Gasteiger partial charge < -0.3 is 9.84 Å². The third-order valence-corrected chi connectivity index (χ3v) is 6.72. The zero-order valence-corrected chi connectivity index (χ0v) is 17.6. The summed E-state index contributed by atoms with van der Waals surface area (Å²) >= 11 is 0. The van der Waals surface area contributed by atoms with Crippen LogP contribution in [0, 0.1) is 0 Å². The van der Waals surface area contributed by atoms with Gasteiger partial charge >= 0.3 is 0 Å². The summed E-state index contributed by atoms with van der Waals surface area (Å²) in [6.45, 7) is 2.44. The third-order valence-electron chi connectivity index (χ3n) is 6.72. The molecule has 1 N–H and O–H groups in total. The third kappa shape index (κ3) is 3.43. The lowest BCUT2D eigenvalue weighted by Crippen LogP contribution is -2.81. The number of methoxy groups -OCH3 is 1. The van der Waals surface area contributed by atoms with Crippen LogP contribution < -0.4 is 4.74 Å². The highest BCUT2D eigenvalue weighted by molar-refractivity contribution is 6.06. The molecule has 3 heterocycles. The molecule has 3 saturated heterocycles. The van der Waals surface area contributed by atoms with Gasteiger partial charge in [-0.25, -0.2) is 0 Å². The highest BCUT2D eigenvalue weighted by Crippen LogP contribution is 2.41. The van der Waals surface area contributed by atoms with Crippen LogP contribution in [0.5, 0.6) is 5.75 Å². The molecule has 7 heteroatoms. The molecule has 7 nitrogen and oxygen atoms in total. The number of piperazine rings is 1. The molecule has 0 aliphatic carbocycles. The van der Waals surface area contributed by atoms with Gasteiger partial charge in [-0.3, -0.25) is 24.3 Å². The number of rotatable bonds is 5. The highest BCUT2D eigenvalue weighted by atomic mass is 16.5. The van der Waals surface area contributed by atoms with E-state index in [-0.39, 0.29) is 18.4 Å². The van der Waals surface area contributed by atoms with Crippen LogP contribution in [0.1, 0.15) is 17.5 Å². The number of benzene rings is 2. The maximum Gasteiger partial charge on any atom is 0.252 e. The summed E-state index contributed by atoms with van der Waals surface area (Å²) in [5.74, 6) is 0.472. The van der Waals surface area contributed by atoms with E-state index in [2.05, 4.69) is 4.90 Å². The molecule has 3 fully saturated rings. The first kappa shape index (κ1) is 20.2. The predicted octanol–water partition coefficient (Wildman–Crippen LogP) is 1.25. The van der Waals surface area contributed by atoms with E-state index in [1.165, 1.54) is 4.90 Å². The standard InChI is InChI=1S/C24H27N3O4/c1-31-20-9-5-8-18(10-20)12-25-15-24(16-25)23(30)26(13-17-6-3-2-4-7-17)22(29)21-11-19(28)14-27(21)24/h2-10,19,21,28H,11-16H2,1H3/t19-,21+/m1/s1. The molecule has 2 atom stereocenters. The maximum absolute atomic E-state index is 13.6. The second kappa shape index (κ2) is 7.75. The van der Waals surface area contributed by atoms with Crippen molar-refractivity contribution >= 4 is 11.8 Å². The maximum atomic E-state index is 13.6. The molecule has 0 bridgehead atoms. The first-order chi connectivity index (χ1) is 15.0. The molecule has 31 heavy (non-hydrogen) atoms. The van der Waals surface area contributed by atoms with E-state index in [0.29, 0.717) is 32.6 Å². The normalized spacial score (nSPS) is 25.5. The fourth-order valence-electron chi connectivity index (χ4n) is 5.24. The Kier molecular flexibility index (Phi) is 5.04. The fourth-order valence-corrected chi connectivity index (χ4v) is 5.24. The van der Waals surface area contributed by atoms with E-state index in [1.807, 2.05) is 59.5 Å². The van der Waals surface area contributed by atoms with Crippen LogP contribution in [0.2, 0.25) is 0 Å². The second-order valence-electron chi connectivity index (χ2n) is 8.80. The largest absolute Gasteiger partial charge is 0.497 e. The average Bonchev–Trinajstić information content (AvgIpc) is 3.15. The molecule has 3 aliphatic rings. The quantitative estimate of drug-likeness (QED) is 0.733. The fraction of sp³-hybridized carbons (Fsp3) is 0.417. The summed E-state index contributed by atoms with van der Waals surface area (Å²) in [6.07, 6.45) is -0.197. The van der Waals surface area contributed by atoms with Crippen LogP contribution in [0.15, 0.2) is 54.6 Å². The van der Waals surface area contributed by atoms with Gasteiger partial charge in [0.15, 0.2) is 0 Å². The number of carbonyl (C=O) groups is 2. The Labute approximate surface area is 181 Å². The molecule has 0 radical (unpaired) electrons. The summed E-state index contributed by atoms with van der Waals surface area (Å²) < 4.78 is 5.31. The summed E-state index contributed by atoms with van der Waals surface area (Å²) in [4.78, 5) is 32.4. The minimum Gasteiger partial charge on any atom is -0.497 e. The van der Waals surface area contributed by atoms with Gasteiger partial charge in [-0.1, -0.05) is 42.5 Å². The minimum atomic E-state index is -0.746. The number of amides is 2. The Morgan fingerprint density at radius 3 is 2.52 bits per heavy atom. The molecular formula is C24H27N3O4. The average molecular weight is 421 g/mol. The number of ether oxygens (including phenoxy) is 1. The molecule has 2 aromatic carbocycles. The van der Waals surface area contributed by atoms with Crippen molar-refractivity contribution in [1.29, 1.82) is 0 Å². The van der Waals surface area contributed by atoms with Gasteiger partial charge in [0.05, 0.1) is 25.8 Å². The topological polar surface area (TPSA) is 73.3 Å². The summed E-state index contributed by atoms with van der Waals surface area (Å²) in [6, 6.07) is 17.1. The van der Waals surface area contributed by atoms with Crippen LogP contribution in [0.25, 0.3) is 0 Å². The van der Waals surface area contributed by atoms with Gasteiger partial charge in [0.1, 0.15) is 11.3 Å². The first-order valence-corrected chi connectivity index (χ1v) is 10.7. The van der Waals surface area contributed by atoms with E-state index in [4.69, 9.17) is 4.74 Å². The van der Waals surface area contributed by atoms with E-state index in [1.54, 1.807) is 7.11 Å². The minimum absolute atomic E-state index is 0.145. The SMILES string of the molecule is COc1cccc(CN2CC3(C2)C(=O)N(Cc2ccccc2)C(=O)[C@@H]2C[C@@H](O)CN23)c1. The van der Waals surface area contributed by atoms with Gasteiger partial charge in [-0.15, -0.1) is 0 Å². The second-order valence-corrected chi connectivity index (χ2v) is 8.80. The molecule has 162 valence electrons. The molecule has 0 saturated carbocycles. The van der Waals surface area contributed by atoms with Crippen molar-refractivity contribution in [3.63, 3.8) is 0 Å². The Morgan fingerprint density at radius 1 is 1.03 bits per heavy atom. The summed E-state index contributed by atoms with van der Waals surface area (Å²) in [5, 5.41) is 10.3. The van der Waals surface area contributed by atoms with Crippen LogP contribution in [-0.4, -0.2) is 76.0 Å². The Bertz CT molecular complexity index is 989. The lowest BCUT2D eigenvalue weighted by atomic mass is 9.82. The molecule has 2 aromatic rings. The van der Waals surface area contributed by atoms with Crippen LogP contribution in [0.4, 0.5) is 0 Å². The summed E-state index contributed by atoms with van der Waals surface area (Å²) in [7, 11) is 1.65. The van der Waals surface area contributed by atoms with Crippen molar-refractivity contribution in [3.8, 4) is 5.75 Å². The predicted molar refractivity (Wildman–Crippen MR) is 114 cm³/mol.